The summed E-state index contributed by atoms with van der Waals surface area (Å²) in [7, 11) is 0. The number of rotatable bonds is 3. The predicted octanol–water partition coefficient (Wildman–Crippen LogP) is 2.33. The van der Waals surface area contributed by atoms with Crippen LogP contribution in [0.3, 0.4) is 0 Å². The summed E-state index contributed by atoms with van der Waals surface area (Å²) in [5.74, 6) is 0.0246. The van der Waals surface area contributed by atoms with E-state index in [-0.39, 0.29) is 29.3 Å². The zero-order valence-electron chi connectivity index (χ0n) is 18.5. The number of esters is 1. The highest BCUT2D eigenvalue weighted by atomic mass is 35.5. The molecule has 2 aliphatic heterocycles. The minimum atomic E-state index is -0.517. The molecule has 0 radical (unpaired) electrons. The molecule has 2 N–H and O–H groups in total. The summed E-state index contributed by atoms with van der Waals surface area (Å²) in [5.41, 5.74) is 2.23. The molecule has 5 rings (SSSR count). The van der Waals surface area contributed by atoms with Gasteiger partial charge in [0.2, 0.25) is 0 Å². The van der Waals surface area contributed by atoms with Gasteiger partial charge in [0, 0.05) is 28.5 Å². The number of ether oxygens (including phenoxy) is 1. The summed E-state index contributed by atoms with van der Waals surface area (Å²) in [6.07, 6.45) is 4.57. The standard InChI is InChI=1S/C25H33ClN2O3/c1-16-5-3-6-17-13-21-22(23(29)25(16,17)2)20(24(30)31-21)15-27-9-11-28(12-10-27)19-8-4-7-18(26)14-19/h4,6-8,14,16,20-23,29H,3,5,9-13,15H2,1-2H3/p+1/t16-,20+,21-,22-,23-,25-/m1/s1. The van der Waals surface area contributed by atoms with Gasteiger partial charge in [0.25, 0.3) is 0 Å². The summed E-state index contributed by atoms with van der Waals surface area (Å²) in [5, 5.41) is 12.3. The molecule has 0 amide bonds. The van der Waals surface area contributed by atoms with Crippen molar-refractivity contribution in [3.05, 3.63) is 40.9 Å². The average Bonchev–Trinajstić information content (AvgIpc) is 3.06. The number of carbonyl (C=O) groups excluding carboxylic acids is 1. The molecule has 168 valence electrons. The van der Waals surface area contributed by atoms with Crippen molar-refractivity contribution in [3.8, 4) is 0 Å². The van der Waals surface area contributed by atoms with Crippen molar-refractivity contribution in [2.75, 3.05) is 37.6 Å². The maximum atomic E-state index is 12.9. The lowest BCUT2D eigenvalue weighted by Crippen LogP contribution is -3.15. The van der Waals surface area contributed by atoms with Gasteiger partial charge in [0.05, 0.1) is 38.8 Å². The highest BCUT2D eigenvalue weighted by molar-refractivity contribution is 6.30. The van der Waals surface area contributed by atoms with E-state index in [0.29, 0.717) is 5.92 Å². The lowest BCUT2D eigenvalue weighted by Gasteiger charge is -2.51. The first-order chi connectivity index (χ1) is 14.9. The van der Waals surface area contributed by atoms with Gasteiger partial charge in [0.1, 0.15) is 12.0 Å². The molecule has 0 spiro atoms. The van der Waals surface area contributed by atoms with Gasteiger partial charge in [-0.3, -0.25) is 4.79 Å². The molecule has 2 saturated heterocycles. The molecule has 4 aliphatic rings. The molecular formula is C25H34ClN2O3+. The van der Waals surface area contributed by atoms with Crippen LogP contribution in [-0.2, 0) is 9.53 Å². The number of carbonyl (C=O) groups is 1. The van der Waals surface area contributed by atoms with Crippen LogP contribution in [0.25, 0.3) is 0 Å². The van der Waals surface area contributed by atoms with E-state index in [2.05, 4.69) is 30.9 Å². The van der Waals surface area contributed by atoms with E-state index in [1.54, 1.807) is 0 Å². The van der Waals surface area contributed by atoms with Crippen LogP contribution in [0.4, 0.5) is 5.69 Å². The highest BCUT2D eigenvalue weighted by Crippen LogP contribution is 2.55. The molecule has 1 aromatic rings. The Morgan fingerprint density at radius 3 is 2.84 bits per heavy atom. The second-order valence-corrected chi connectivity index (χ2v) is 10.7. The Balaban J connectivity index is 1.28. The van der Waals surface area contributed by atoms with Crippen molar-refractivity contribution in [2.45, 2.75) is 45.3 Å². The summed E-state index contributed by atoms with van der Waals surface area (Å²) in [4.78, 5) is 16.7. The Hall–Kier alpha value is -1.56. The minimum absolute atomic E-state index is 0.0892. The quantitative estimate of drug-likeness (QED) is 0.554. The second kappa shape index (κ2) is 8.09. The van der Waals surface area contributed by atoms with Crippen molar-refractivity contribution in [1.29, 1.82) is 0 Å². The molecule has 2 aliphatic carbocycles. The molecular weight excluding hydrogens is 412 g/mol. The molecule has 0 unspecified atom stereocenters. The number of piperazine rings is 1. The first kappa shape index (κ1) is 21.3. The molecule has 0 aromatic heterocycles. The molecule has 31 heavy (non-hydrogen) atoms. The third-order valence-corrected chi connectivity index (χ3v) is 8.96. The van der Waals surface area contributed by atoms with E-state index < -0.39 is 6.10 Å². The Morgan fingerprint density at radius 1 is 1.32 bits per heavy atom. The van der Waals surface area contributed by atoms with Gasteiger partial charge in [0.15, 0.2) is 0 Å². The number of quaternary nitrogens is 1. The number of fused-ring (bicyclic) bond motifs is 2. The molecule has 6 heteroatoms. The Labute approximate surface area is 190 Å². The van der Waals surface area contributed by atoms with Crippen LogP contribution in [0.2, 0.25) is 5.02 Å². The Kier molecular flexibility index (Phi) is 5.56. The van der Waals surface area contributed by atoms with E-state index in [1.165, 1.54) is 10.5 Å². The first-order valence-electron chi connectivity index (χ1n) is 11.8. The largest absolute Gasteiger partial charge is 0.461 e. The number of aliphatic hydroxyl groups excluding tert-OH is 1. The highest BCUT2D eigenvalue weighted by Gasteiger charge is 2.60. The molecule has 6 atom stereocenters. The number of anilines is 1. The summed E-state index contributed by atoms with van der Waals surface area (Å²) in [6, 6.07) is 8.01. The third kappa shape index (κ3) is 3.59. The van der Waals surface area contributed by atoms with Crippen molar-refractivity contribution >= 4 is 23.3 Å². The molecule has 3 fully saturated rings. The van der Waals surface area contributed by atoms with Crippen LogP contribution < -0.4 is 9.80 Å². The van der Waals surface area contributed by atoms with Crippen molar-refractivity contribution in [3.63, 3.8) is 0 Å². The molecule has 0 bridgehead atoms. The van der Waals surface area contributed by atoms with Gasteiger partial charge in [-0.1, -0.05) is 43.2 Å². The van der Waals surface area contributed by atoms with Crippen molar-refractivity contribution < 1.29 is 19.5 Å². The summed E-state index contributed by atoms with van der Waals surface area (Å²) >= 11 is 6.16. The van der Waals surface area contributed by atoms with E-state index >= 15 is 0 Å². The zero-order valence-corrected chi connectivity index (χ0v) is 19.3. The first-order valence-corrected chi connectivity index (χ1v) is 12.2. The van der Waals surface area contributed by atoms with Gasteiger partial charge >= 0.3 is 5.97 Å². The number of aliphatic hydroxyl groups is 1. The van der Waals surface area contributed by atoms with Crippen LogP contribution in [0.1, 0.15) is 33.1 Å². The smallest absolute Gasteiger partial charge is 0.315 e. The lowest BCUT2D eigenvalue weighted by molar-refractivity contribution is -0.903. The summed E-state index contributed by atoms with van der Waals surface area (Å²) < 4.78 is 5.84. The molecule has 5 nitrogen and oxygen atoms in total. The number of allylic oxidation sites excluding steroid dienone is 1. The lowest BCUT2D eigenvalue weighted by atomic mass is 9.55. The van der Waals surface area contributed by atoms with Gasteiger partial charge in [-0.15, -0.1) is 0 Å². The fraction of sp³-hybridized carbons (Fsp3) is 0.640. The minimum Gasteiger partial charge on any atom is -0.461 e. The molecule has 1 saturated carbocycles. The van der Waals surface area contributed by atoms with Crippen LogP contribution in [0.15, 0.2) is 35.9 Å². The average molecular weight is 446 g/mol. The number of halogens is 1. The molecule has 1 aromatic carbocycles. The van der Waals surface area contributed by atoms with Gasteiger partial charge in [-0.25, -0.2) is 0 Å². The van der Waals surface area contributed by atoms with Crippen LogP contribution in [0, 0.1) is 23.2 Å². The number of nitrogens with one attached hydrogen (secondary N) is 1. The Morgan fingerprint density at radius 2 is 2.10 bits per heavy atom. The van der Waals surface area contributed by atoms with E-state index in [9.17, 15) is 9.90 Å². The van der Waals surface area contributed by atoms with Crippen LogP contribution in [-0.4, -0.2) is 56.0 Å². The SMILES string of the molecule is C[C@@H]1CCC=C2C[C@H]3OC(=O)[C@@H](C[NH+]4CCN(c5cccc(Cl)c5)CC4)[C@H]3[C@@H](O)[C@@]21C. The van der Waals surface area contributed by atoms with Crippen LogP contribution >= 0.6 is 11.6 Å². The number of hydrogen-bond donors (Lipinski definition) is 2. The third-order valence-electron chi connectivity index (χ3n) is 8.72. The zero-order chi connectivity index (χ0) is 21.8. The summed E-state index contributed by atoms with van der Waals surface area (Å²) in [6.45, 7) is 9.05. The van der Waals surface area contributed by atoms with E-state index in [1.807, 2.05) is 18.2 Å². The monoisotopic (exact) mass is 445 g/mol. The fourth-order valence-corrected chi connectivity index (χ4v) is 6.75. The maximum Gasteiger partial charge on any atom is 0.315 e. The van der Waals surface area contributed by atoms with Crippen LogP contribution in [0.5, 0.6) is 0 Å². The van der Waals surface area contributed by atoms with E-state index in [4.69, 9.17) is 16.3 Å². The fourth-order valence-electron chi connectivity index (χ4n) is 6.57. The normalized spacial score (nSPS) is 38.3. The van der Waals surface area contributed by atoms with Gasteiger partial charge in [-0.2, -0.15) is 0 Å². The van der Waals surface area contributed by atoms with Gasteiger partial charge in [-0.05, 0) is 37.0 Å². The predicted molar refractivity (Wildman–Crippen MR) is 121 cm³/mol. The molecule has 2 heterocycles. The van der Waals surface area contributed by atoms with E-state index in [0.717, 1.165) is 62.7 Å². The number of benzene rings is 1. The van der Waals surface area contributed by atoms with Crippen molar-refractivity contribution in [1.82, 2.24) is 0 Å². The number of hydrogen-bond acceptors (Lipinski definition) is 4. The van der Waals surface area contributed by atoms with Crippen molar-refractivity contribution in [2.24, 2.45) is 23.2 Å². The topological polar surface area (TPSA) is 54.2 Å². The second-order valence-electron chi connectivity index (χ2n) is 10.2. The Bertz CT molecular complexity index is 881. The van der Waals surface area contributed by atoms with Gasteiger partial charge < -0.3 is 19.6 Å². The number of nitrogens with zero attached hydrogens (tertiary/aromatic N) is 1. The maximum absolute atomic E-state index is 12.9.